The van der Waals surface area contributed by atoms with Crippen LogP contribution in [0.4, 0.5) is 0 Å². The highest BCUT2D eigenvalue weighted by molar-refractivity contribution is 5.98. The van der Waals surface area contributed by atoms with Gasteiger partial charge in [0.1, 0.15) is 5.69 Å². The van der Waals surface area contributed by atoms with Crippen LogP contribution in [-0.4, -0.2) is 67.6 Å². The fourth-order valence-electron chi connectivity index (χ4n) is 4.78. The summed E-state index contributed by atoms with van der Waals surface area (Å²) in [5.74, 6) is -0.199. The summed E-state index contributed by atoms with van der Waals surface area (Å²) < 4.78 is 0. The number of nitrogens with one attached hydrogen (secondary N) is 2. The van der Waals surface area contributed by atoms with Gasteiger partial charge in [0.05, 0.1) is 12.6 Å². The topological polar surface area (TPSA) is 105 Å². The second kappa shape index (κ2) is 7.85. The molecule has 1 saturated carbocycles. The van der Waals surface area contributed by atoms with Crippen LogP contribution in [0.5, 0.6) is 0 Å². The normalized spacial score (nSPS) is 21.2. The van der Waals surface area contributed by atoms with Crippen molar-refractivity contribution in [3.63, 3.8) is 0 Å². The summed E-state index contributed by atoms with van der Waals surface area (Å²) in [4.78, 5) is 33.1. The fourth-order valence-corrected chi connectivity index (χ4v) is 4.78. The Morgan fingerprint density at radius 1 is 1.19 bits per heavy atom. The molecule has 0 atom stereocenters. The zero-order chi connectivity index (χ0) is 21.5. The highest BCUT2D eigenvalue weighted by Gasteiger charge is 2.32. The number of aromatic amines is 2. The monoisotopic (exact) mass is 421 g/mol. The Balaban J connectivity index is 1.34. The zero-order valence-electron chi connectivity index (χ0n) is 17.6. The lowest BCUT2D eigenvalue weighted by Gasteiger charge is -2.33. The molecule has 1 aromatic carbocycles. The molecular weight excluding hydrogens is 394 g/mol. The smallest absolute Gasteiger partial charge is 0.274 e. The van der Waals surface area contributed by atoms with Gasteiger partial charge in [-0.1, -0.05) is 18.2 Å². The minimum Gasteiger partial charge on any atom is -0.393 e. The van der Waals surface area contributed by atoms with E-state index in [9.17, 15) is 14.7 Å². The van der Waals surface area contributed by atoms with Gasteiger partial charge in [-0.2, -0.15) is 5.10 Å². The van der Waals surface area contributed by atoms with E-state index in [2.05, 4.69) is 15.2 Å². The Labute approximate surface area is 180 Å². The Kier molecular flexibility index (Phi) is 5.02. The van der Waals surface area contributed by atoms with E-state index in [0.717, 1.165) is 35.0 Å². The predicted molar refractivity (Wildman–Crippen MR) is 116 cm³/mol. The van der Waals surface area contributed by atoms with Gasteiger partial charge >= 0.3 is 0 Å². The van der Waals surface area contributed by atoms with Crippen molar-refractivity contribution in [2.45, 2.75) is 50.8 Å². The van der Waals surface area contributed by atoms with Crippen LogP contribution in [-0.2, 0) is 13.0 Å². The summed E-state index contributed by atoms with van der Waals surface area (Å²) >= 11 is 0. The number of carbonyl (C=O) groups is 2. The molecule has 2 amide bonds. The average molecular weight is 422 g/mol. The second-order valence-corrected chi connectivity index (χ2v) is 8.65. The van der Waals surface area contributed by atoms with Gasteiger partial charge in [-0.15, -0.1) is 0 Å². The summed E-state index contributed by atoms with van der Waals surface area (Å²) in [7, 11) is 1.81. The molecular formula is C23H27N5O3. The molecule has 0 radical (unpaired) electrons. The molecule has 8 nitrogen and oxygen atoms in total. The number of nitrogens with zero attached hydrogens (tertiary/aromatic N) is 3. The van der Waals surface area contributed by atoms with Crippen molar-refractivity contribution in [2.75, 3.05) is 13.6 Å². The fraction of sp³-hybridized carbons (Fsp3) is 0.435. The molecule has 2 aromatic heterocycles. The molecule has 0 unspecified atom stereocenters. The maximum atomic E-state index is 13.2. The molecule has 1 fully saturated rings. The lowest BCUT2D eigenvalue weighted by Crippen LogP contribution is -2.41. The maximum Gasteiger partial charge on any atom is 0.274 e. The molecule has 3 aromatic rings. The van der Waals surface area contributed by atoms with Gasteiger partial charge in [0.15, 0.2) is 5.69 Å². The van der Waals surface area contributed by atoms with E-state index in [-0.39, 0.29) is 24.0 Å². The first kappa shape index (κ1) is 19.8. The van der Waals surface area contributed by atoms with Gasteiger partial charge in [0.2, 0.25) is 0 Å². The number of benzene rings is 1. The summed E-state index contributed by atoms with van der Waals surface area (Å²) in [6.07, 6.45) is 3.40. The first-order chi connectivity index (χ1) is 15.0. The summed E-state index contributed by atoms with van der Waals surface area (Å²) in [5.41, 5.74) is 3.62. The molecule has 1 aliphatic heterocycles. The van der Waals surface area contributed by atoms with Gasteiger partial charge in [-0.25, -0.2) is 0 Å². The van der Waals surface area contributed by atoms with Gasteiger partial charge in [-0.3, -0.25) is 14.7 Å². The number of H-pyrrole nitrogens is 2. The Bertz CT molecular complexity index is 1090. The van der Waals surface area contributed by atoms with Gasteiger partial charge in [0, 0.05) is 48.2 Å². The molecule has 0 saturated heterocycles. The van der Waals surface area contributed by atoms with E-state index in [1.807, 2.05) is 37.4 Å². The van der Waals surface area contributed by atoms with Crippen LogP contribution in [0.3, 0.4) is 0 Å². The number of para-hydroxylation sites is 1. The van der Waals surface area contributed by atoms with E-state index >= 15 is 0 Å². The third-order valence-corrected chi connectivity index (χ3v) is 6.72. The van der Waals surface area contributed by atoms with Gasteiger partial charge in [0.25, 0.3) is 11.8 Å². The SMILES string of the molecule is CN(C(=O)c1n[nH]c2c1CN(C(=O)c1cc3ccccc3[nH]1)CC2)[C@H]1CC[C@H](O)CC1. The van der Waals surface area contributed by atoms with Crippen molar-refractivity contribution in [3.05, 3.63) is 53.0 Å². The third kappa shape index (κ3) is 3.61. The first-order valence-corrected chi connectivity index (χ1v) is 10.9. The van der Waals surface area contributed by atoms with E-state index in [0.29, 0.717) is 43.7 Å². The number of aliphatic hydroxyl groups is 1. The highest BCUT2D eigenvalue weighted by atomic mass is 16.3. The summed E-state index contributed by atoms with van der Waals surface area (Å²) in [6.45, 7) is 0.936. The second-order valence-electron chi connectivity index (χ2n) is 8.65. The van der Waals surface area contributed by atoms with E-state index in [4.69, 9.17) is 0 Å². The molecule has 31 heavy (non-hydrogen) atoms. The van der Waals surface area contributed by atoms with Crippen molar-refractivity contribution in [2.24, 2.45) is 0 Å². The Morgan fingerprint density at radius 3 is 2.74 bits per heavy atom. The number of carbonyl (C=O) groups excluding carboxylic acids is 2. The number of fused-ring (bicyclic) bond motifs is 2. The zero-order valence-corrected chi connectivity index (χ0v) is 17.6. The van der Waals surface area contributed by atoms with Crippen LogP contribution in [0.25, 0.3) is 10.9 Å². The summed E-state index contributed by atoms with van der Waals surface area (Å²) in [6, 6.07) is 9.80. The quantitative estimate of drug-likeness (QED) is 0.604. The number of hydrogen-bond acceptors (Lipinski definition) is 4. The predicted octanol–water partition coefficient (Wildman–Crippen LogP) is 2.46. The third-order valence-electron chi connectivity index (χ3n) is 6.72. The molecule has 2 aliphatic rings. The Morgan fingerprint density at radius 2 is 1.97 bits per heavy atom. The van der Waals surface area contributed by atoms with Crippen LogP contribution in [0.1, 0.15) is 57.9 Å². The first-order valence-electron chi connectivity index (χ1n) is 10.9. The number of aliphatic hydroxyl groups excluding tert-OH is 1. The number of amides is 2. The molecule has 3 heterocycles. The number of hydrogen-bond donors (Lipinski definition) is 3. The van der Waals surface area contributed by atoms with Crippen LogP contribution in [0, 0.1) is 0 Å². The van der Waals surface area contributed by atoms with Crippen molar-refractivity contribution >= 4 is 22.7 Å². The van der Waals surface area contributed by atoms with Crippen LogP contribution in [0.15, 0.2) is 30.3 Å². The molecule has 5 rings (SSSR count). The highest BCUT2D eigenvalue weighted by Crippen LogP contribution is 2.27. The minimum atomic E-state index is -0.262. The molecule has 8 heteroatoms. The van der Waals surface area contributed by atoms with E-state index in [1.165, 1.54) is 0 Å². The summed E-state index contributed by atoms with van der Waals surface area (Å²) in [5, 5.41) is 18.1. The average Bonchev–Trinajstić information content (AvgIpc) is 3.42. The molecule has 1 aliphatic carbocycles. The maximum absolute atomic E-state index is 13.2. The number of rotatable bonds is 3. The van der Waals surface area contributed by atoms with Crippen molar-refractivity contribution in [1.82, 2.24) is 25.0 Å². The largest absolute Gasteiger partial charge is 0.393 e. The number of aromatic nitrogens is 3. The van der Waals surface area contributed by atoms with E-state index < -0.39 is 0 Å². The minimum absolute atomic E-state index is 0.0731. The van der Waals surface area contributed by atoms with Crippen molar-refractivity contribution in [1.29, 1.82) is 0 Å². The van der Waals surface area contributed by atoms with Crippen LogP contribution < -0.4 is 0 Å². The molecule has 0 spiro atoms. The molecule has 0 bridgehead atoms. The van der Waals surface area contributed by atoms with Crippen molar-refractivity contribution < 1.29 is 14.7 Å². The lowest BCUT2D eigenvalue weighted by atomic mass is 9.92. The lowest BCUT2D eigenvalue weighted by molar-refractivity contribution is 0.0560. The standard InChI is InChI=1S/C23H27N5O3/c1-27(15-6-8-16(29)9-7-15)23(31)21-17-13-28(11-10-19(17)25-26-21)22(30)20-12-14-4-2-3-5-18(14)24-20/h2-5,12,15-16,24,29H,6-11,13H2,1H3,(H,25,26)/t15-,16-. The van der Waals surface area contributed by atoms with Crippen molar-refractivity contribution in [3.8, 4) is 0 Å². The molecule has 3 N–H and O–H groups in total. The Hall–Kier alpha value is -3.13. The van der Waals surface area contributed by atoms with E-state index in [1.54, 1.807) is 9.80 Å². The van der Waals surface area contributed by atoms with Crippen LogP contribution >= 0.6 is 0 Å². The van der Waals surface area contributed by atoms with Gasteiger partial charge in [-0.05, 0) is 37.8 Å². The van der Waals surface area contributed by atoms with Crippen LogP contribution in [0.2, 0.25) is 0 Å². The van der Waals surface area contributed by atoms with Gasteiger partial charge < -0.3 is 19.9 Å². The molecule has 162 valence electrons.